The minimum Gasteiger partial charge on any atom is -0.493 e. The highest BCUT2D eigenvalue weighted by molar-refractivity contribution is 5.96. The monoisotopic (exact) mass is 396 g/mol. The molecule has 0 spiro atoms. The molecule has 6 nitrogen and oxygen atoms in total. The lowest BCUT2D eigenvalue weighted by molar-refractivity contribution is -0.121. The highest BCUT2D eigenvalue weighted by Gasteiger charge is 2.29. The Labute approximate surface area is 171 Å². The van der Waals surface area contributed by atoms with E-state index in [1.807, 2.05) is 44.2 Å². The highest BCUT2D eigenvalue weighted by atomic mass is 16.5. The number of hydrogen-bond acceptors (Lipinski definition) is 4. The standard InChI is InChI=1S/C23H28N2O4/c1-16(2)29-20-12-11-17(14-21(20)28-3)23(27)25-13-7-8-18(15-25)22(26)24-19-9-5-4-6-10-19/h4-6,9-12,14,16,18H,7-8,13,15H2,1-3H3,(H,24,26). The molecule has 1 N–H and O–H groups in total. The van der Waals surface area contributed by atoms with E-state index in [1.54, 1.807) is 30.2 Å². The maximum absolute atomic E-state index is 13.0. The van der Waals surface area contributed by atoms with Crippen molar-refractivity contribution < 1.29 is 19.1 Å². The van der Waals surface area contributed by atoms with Gasteiger partial charge in [-0.3, -0.25) is 9.59 Å². The molecular weight excluding hydrogens is 368 g/mol. The lowest BCUT2D eigenvalue weighted by Gasteiger charge is -2.32. The van der Waals surface area contributed by atoms with Crippen molar-refractivity contribution in [3.05, 3.63) is 54.1 Å². The molecule has 2 amide bonds. The van der Waals surface area contributed by atoms with Crippen LogP contribution in [0.4, 0.5) is 5.69 Å². The van der Waals surface area contributed by atoms with Crippen molar-refractivity contribution in [2.24, 2.45) is 5.92 Å². The van der Waals surface area contributed by atoms with Gasteiger partial charge in [-0.1, -0.05) is 18.2 Å². The number of anilines is 1. The minimum atomic E-state index is -0.224. The van der Waals surface area contributed by atoms with Gasteiger partial charge in [-0.05, 0) is 57.0 Å². The van der Waals surface area contributed by atoms with Crippen molar-refractivity contribution in [2.75, 3.05) is 25.5 Å². The van der Waals surface area contributed by atoms with E-state index in [9.17, 15) is 9.59 Å². The molecule has 6 heteroatoms. The fourth-order valence-electron chi connectivity index (χ4n) is 3.48. The van der Waals surface area contributed by atoms with Crippen LogP contribution >= 0.6 is 0 Å². The van der Waals surface area contributed by atoms with Crippen LogP contribution in [0, 0.1) is 5.92 Å². The van der Waals surface area contributed by atoms with Gasteiger partial charge in [0.1, 0.15) is 0 Å². The predicted octanol–water partition coefficient (Wildman–Crippen LogP) is 3.97. The van der Waals surface area contributed by atoms with Crippen LogP contribution in [0.3, 0.4) is 0 Å². The molecule has 3 rings (SSSR count). The summed E-state index contributed by atoms with van der Waals surface area (Å²) in [5, 5.41) is 2.94. The fraction of sp³-hybridized carbons (Fsp3) is 0.391. The smallest absolute Gasteiger partial charge is 0.254 e. The normalized spacial score (nSPS) is 16.4. The van der Waals surface area contributed by atoms with Gasteiger partial charge in [0.2, 0.25) is 5.91 Å². The van der Waals surface area contributed by atoms with Crippen molar-refractivity contribution in [1.82, 2.24) is 4.90 Å². The van der Waals surface area contributed by atoms with Crippen LogP contribution < -0.4 is 14.8 Å². The molecule has 154 valence electrons. The average molecular weight is 396 g/mol. The average Bonchev–Trinajstić information content (AvgIpc) is 2.74. The van der Waals surface area contributed by atoms with Gasteiger partial charge >= 0.3 is 0 Å². The zero-order chi connectivity index (χ0) is 20.8. The van der Waals surface area contributed by atoms with Gasteiger partial charge in [0.25, 0.3) is 5.91 Å². The van der Waals surface area contributed by atoms with Gasteiger partial charge in [0.05, 0.1) is 19.1 Å². The summed E-state index contributed by atoms with van der Waals surface area (Å²) >= 11 is 0. The van der Waals surface area contributed by atoms with Crippen molar-refractivity contribution in [1.29, 1.82) is 0 Å². The molecule has 0 aliphatic carbocycles. The maximum atomic E-state index is 13.0. The van der Waals surface area contributed by atoms with Crippen molar-refractivity contribution in [3.63, 3.8) is 0 Å². The maximum Gasteiger partial charge on any atom is 0.254 e. The number of benzene rings is 2. The lowest BCUT2D eigenvalue weighted by atomic mass is 9.96. The van der Waals surface area contributed by atoms with Crippen LogP contribution in [0.2, 0.25) is 0 Å². The largest absolute Gasteiger partial charge is 0.493 e. The fourth-order valence-corrected chi connectivity index (χ4v) is 3.48. The highest BCUT2D eigenvalue weighted by Crippen LogP contribution is 2.30. The molecule has 29 heavy (non-hydrogen) atoms. The van der Waals surface area contributed by atoms with Gasteiger partial charge in [0.15, 0.2) is 11.5 Å². The SMILES string of the molecule is COc1cc(C(=O)N2CCCC(C(=O)Nc3ccccc3)C2)ccc1OC(C)C. The number of nitrogens with one attached hydrogen (secondary N) is 1. The second-order valence-electron chi connectivity index (χ2n) is 7.48. The van der Waals surface area contributed by atoms with Crippen LogP contribution in [-0.2, 0) is 4.79 Å². The molecule has 0 aromatic heterocycles. The van der Waals surface area contributed by atoms with Crippen LogP contribution in [0.5, 0.6) is 11.5 Å². The number of likely N-dealkylation sites (tertiary alicyclic amines) is 1. The Morgan fingerprint density at radius 1 is 1.10 bits per heavy atom. The Morgan fingerprint density at radius 3 is 2.55 bits per heavy atom. The number of hydrogen-bond donors (Lipinski definition) is 1. The van der Waals surface area contributed by atoms with Crippen molar-refractivity contribution in [3.8, 4) is 11.5 Å². The number of piperidine rings is 1. The number of rotatable bonds is 6. The zero-order valence-corrected chi connectivity index (χ0v) is 17.2. The summed E-state index contributed by atoms with van der Waals surface area (Å²) in [6, 6.07) is 14.6. The Balaban J connectivity index is 1.68. The summed E-state index contributed by atoms with van der Waals surface area (Å²) in [5.74, 6) is 0.764. The Morgan fingerprint density at radius 2 is 1.86 bits per heavy atom. The van der Waals surface area contributed by atoms with Gasteiger partial charge < -0.3 is 19.7 Å². The molecule has 1 saturated heterocycles. The molecule has 0 radical (unpaired) electrons. The number of nitrogens with zero attached hydrogens (tertiary/aromatic N) is 1. The number of para-hydroxylation sites is 1. The quantitative estimate of drug-likeness (QED) is 0.802. The summed E-state index contributed by atoms with van der Waals surface area (Å²) in [6.45, 7) is 4.92. The molecule has 0 saturated carbocycles. The molecule has 2 aromatic rings. The number of methoxy groups -OCH3 is 1. The molecule has 1 unspecified atom stereocenters. The van der Waals surface area contributed by atoms with Gasteiger partial charge in [0, 0.05) is 24.3 Å². The first kappa shape index (κ1) is 20.7. The topological polar surface area (TPSA) is 67.9 Å². The number of carbonyl (C=O) groups excluding carboxylic acids is 2. The Bertz CT molecular complexity index is 851. The Kier molecular flexibility index (Phi) is 6.75. The van der Waals surface area contributed by atoms with Crippen LogP contribution in [0.25, 0.3) is 0 Å². The Hall–Kier alpha value is -3.02. The van der Waals surface area contributed by atoms with Crippen LogP contribution in [0.15, 0.2) is 48.5 Å². The van der Waals surface area contributed by atoms with E-state index in [2.05, 4.69) is 5.32 Å². The summed E-state index contributed by atoms with van der Waals surface area (Å²) in [7, 11) is 1.56. The third-order valence-electron chi connectivity index (χ3n) is 4.89. The first-order chi connectivity index (χ1) is 14.0. The van der Waals surface area contributed by atoms with Crippen LogP contribution in [-0.4, -0.2) is 43.0 Å². The molecule has 1 aliphatic rings. The summed E-state index contributed by atoms with van der Waals surface area (Å²) in [4.78, 5) is 27.4. The van der Waals surface area contributed by atoms with E-state index in [-0.39, 0.29) is 23.8 Å². The molecular formula is C23H28N2O4. The third-order valence-corrected chi connectivity index (χ3v) is 4.89. The molecule has 1 atom stereocenters. The van der Waals surface area contributed by atoms with E-state index in [0.717, 1.165) is 18.5 Å². The summed E-state index contributed by atoms with van der Waals surface area (Å²) < 4.78 is 11.1. The van der Waals surface area contributed by atoms with E-state index in [0.29, 0.717) is 30.2 Å². The van der Waals surface area contributed by atoms with E-state index in [1.165, 1.54) is 0 Å². The second kappa shape index (κ2) is 9.45. The third kappa shape index (κ3) is 5.28. The first-order valence-corrected chi connectivity index (χ1v) is 9.98. The number of amides is 2. The van der Waals surface area contributed by atoms with E-state index in [4.69, 9.17) is 9.47 Å². The van der Waals surface area contributed by atoms with E-state index < -0.39 is 0 Å². The van der Waals surface area contributed by atoms with Crippen molar-refractivity contribution >= 4 is 17.5 Å². The van der Waals surface area contributed by atoms with Crippen LogP contribution in [0.1, 0.15) is 37.0 Å². The number of ether oxygens (including phenoxy) is 2. The summed E-state index contributed by atoms with van der Waals surface area (Å²) in [6.07, 6.45) is 1.58. The second-order valence-corrected chi connectivity index (χ2v) is 7.48. The molecule has 1 heterocycles. The van der Waals surface area contributed by atoms with Gasteiger partial charge in [-0.25, -0.2) is 0 Å². The number of carbonyl (C=O) groups is 2. The summed E-state index contributed by atoms with van der Waals surface area (Å²) in [5.41, 5.74) is 1.30. The first-order valence-electron chi connectivity index (χ1n) is 9.98. The van der Waals surface area contributed by atoms with E-state index >= 15 is 0 Å². The molecule has 0 bridgehead atoms. The molecule has 1 fully saturated rings. The molecule has 2 aromatic carbocycles. The minimum absolute atomic E-state index is 0.0106. The predicted molar refractivity (Wildman–Crippen MR) is 112 cm³/mol. The van der Waals surface area contributed by atoms with Gasteiger partial charge in [-0.2, -0.15) is 0 Å². The van der Waals surface area contributed by atoms with Gasteiger partial charge in [-0.15, -0.1) is 0 Å². The lowest BCUT2D eigenvalue weighted by Crippen LogP contribution is -2.43. The zero-order valence-electron chi connectivity index (χ0n) is 17.2. The van der Waals surface area contributed by atoms with Crippen molar-refractivity contribution in [2.45, 2.75) is 32.8 Å². The molecule has 1 aliphatic heterocycles.